The molecule has 0 aliphatic carbocycles. The van der Waals surface area contributed by atoms with Gasteiger partial charge in [0.15, 0.2) is 0 Å². The van der Waals surface area contributed by atoms with Crippen molar-refractivity contribution in [1.29, 1.82) is 0 Å². The molecular weight excluding hydrogens is 216 g/mol. The van der Waals surface area contributed by atoms with Gasteiger partial charge in [0.1, 0.15) is 12.1 Å². The number of nitrogens with zero attached hydrogens (tertiary/aromatic N) is 3. The fraction of sp³-hybridized carbons (Fsp3) is 0.500. The molecule has 1 aliphatic heterocycles. The highest BCUT2D eigenvalue weighted by Crippen LogP contribution is 2.11. The van der Waals surface area contributed by atoms with Gasteiger partial charge in [-0.05, 0) is 18.7 Å². The van der Waals surface area contributed by atoms with Crippen LogP contribution in [0.3, 0.4) is 0 Å². The van der Waals surface area contributed by atoms with E-state index in [4.69, 9.17) is 5.73 Å². The lowest BCUT2D eigenvalue weighted by Crippen LogP contribution is -2.51. The maximum absolute atomic E-state index is 10.9. The van der Waals surface area contributed by atoms with Crippen LogP contribution in [0, 0.1) is 0 Å². The zero-order valence-corrected chi connectivity index (χ0v) is 10.0. The van der Waals surface area contributed by atoms with Crippen LogP contribution in [0.1, 0.15) is 5.56 Å². The van der Waals surface area contributed by atoms with Gasteiger partial charge in [-0.15, -0.1) is 0 Å². The Morgan fingerprint density at radius 1 is 1.53 bits per heavy atom. The second kappa shape index (κ2) is 5.25. The van der Waals surface area contributed by atoms with Crippen molar-refractivity contribution in [1.82, 2.24) is 14.8 Å². The van der Waals surface area contributed by atoms with Gasteiger partial charge in [0, 0.05) is 32.4 Å². The molecule has 0 aromatic carbocycles. The molecule has 0 bridgehead atoms. The van der Waals surface area contributed by atoms with E-state index < -0.39 is 0 Å². The summed E-state index contributed by atoms with van der Waals surface area (Å²) in [6.45, 7) is 3.51. The molecule has 2 rings (SSSR count). The lowest BCUT2D eigenvalue weighted by molar-refractivity contribution is -0.114. The summed E-state index contributed by atoms with van der Waals surface area (Å²) in [5, 5.41) is 0. The number of nitrogen functional groups attached to an aromatic ring is 1. The molecule has 1 fully saturated rings. The Kier molecular flexibility index (Phi) is 3.71. The summed E-state index contributed by atoms with van der Waals surface area (Å²) in [7, 11) is 1.99. The van der Waals surface area contributed by atoms with E-state index in [2.05, 4.69) is 14.8 Å². The number of hydrogen-bond acceptors (Lipinski definition) is 5. The van der Waals surface area contributed by atoms with Crippen molar-refractivity contribution in [3.8, 4) is 0 Å². The van der Waals surface area contributed by atoms with Crippen LogP contribution in [0.25, 0.3) is 0 Å². The van der Waals surface area contributed by atoms with Gasteiger partial charge in [0.05, 0.1) is 6.04 Å². The van der Waals surface area contributed by atoms with Gasteiger partial charge < -0.3 is 10.5 Å². The average molecular weight is 234 g/mol. The van der Waals surface area contributed by atoms with E-state index in [1.165, 1.54) is 0 Å². The predicted molar refractivity (Wildman–Crippen MR) is 66.4 cm³/mol. The first kappa shape index (κ1) is 12.0. The standard InChI is InChI=1S/C12H18N4O/c1-15-4-5-16(8-11(15)9-17)7-10-2-3-12(13)14-6-10/h2-3,6,9,11H,4-5,7-8H2,1H3,(H2,13,14). The van der Waals surface area contributed by atoms with Crippen LogP contribution in [0.4, 0.5) is 5.82 Å². The van der Waals surface area contributed by atoms with Crippen LogP contribution >= 0.6 is 0 Å². The number of piperazine rings is 1. The Morgan fingerprint density at radius 3 is 3.00 bits per heavy atom. The summed E-state index contributed by atoms with van der Waals surface area (Å²) in [5.74, 6) is 0.540. The Hall–Kier alpha value is -1.46. The van der Waals surface area contributed by atoms with E-state index in [0.717, 1.165) is 38.0 Å². The lowest BCUT2D eigenvalue weighted by atomic mass is 10.1. The summed E-state index contributed by atoms with van der Waals surface area (Å²) in [6.07, 6.45) is 2.82. The zero-order chi connectivity index (χ0) is 12.3. The minimum absolute atomic E-state index is 0.00508. The number of aldehydes is 1. The molecule has 2 N–H and O–H groups in total. The van der Waals surface area contributed by atoms with Crippen LogP contribution < -0.4 is 5.73 Å². The number of nitrogens with two attached hydrogens (primary N) is 1. The molecule has 2 heterocycles. The van der Waals surface area contributed by atoms with Crippen molar-refractivity contribution in [2.45, 2.75) is 12.6 Å². The SMILES string of the molecule is CN1CCN(Cc2ccc(N)nc2)CC1C=O. The Balaban J connectivity index is 1.95. The van der Waals surface area contributed by atoms with E-state index in [9.17, 15) is 4.79 Å². The van der Waals surface area contributed by atoms with Crippen molar-refractivity contribution in [2.75, 3.05) is 32.4 Å². The first-order valence-electron chi connectivity index (χ1n) is 5.77. The molecule has 92 valence electrons. The fourth-order valence-corrected chi connectivity index (χ4v) is 2.04. The second-order valence-electron chi connectivity index (χ2n) is 4.51. The van der Waals surface area contributed by atoms with Gasteiger partial charge in [0.25, 0.3) is 0 Å². The molecule has 1 saturated heterocycles. The minimum atomic E-state index is 0.00508. The molecule has 1 aromatic heterocycles. The molecule has 0 saturated carbocycles. The van der Waals surface area contributed by atoms with Gasteiger partial charge in [-0.3, -0.25) is 9.80 Å². The fourth-order valence-electron chi connectivity index (χ4n) is 2.04. The largest absolute Gasteiger partial charge is 0.384 e. The number of pyridine rings is 1. The van der Waals surface area contributed by atoms with Gasteiger partial charge >= 0.3 is 0 Å². The molecule has 0 spiro atoms. The number of carbonyl (C=O) groups is 1. The van der Waals surface area contributed by atoms with Gasteiger partial charge in [0.2, 0.25) is 0 Å². The topological polar surface area (TPSA) is 62.5 Å². The average Bonchev–Trinajstić information content (AvgIpc) is 2.34. The Labute approximate surface area is 101 Å². The van der Waals surface area contributed by atoms with Crippen LogP contribution in [-0.4, -0.2) is 53.8 Å². The second-order valence-corrected chi connectivity index (χ2v) is 4.51. The summed E-state index contributed by atoms with van der Waals surface area (Å²) in [5.41, 5.74) is 6.68. The third kappa shape index (κ3) is 3.01. The molecule has 1 aromatic rings. The number of carbonyl (C=O) groups excluding carboxylic acids is 1. The van der Waals surface area contributed by atoms with Crippen molar-refractivity contribution in [3.63, 3.8) is 0 Å². The van der Waals surface area contributed by atoms with Crippen molar-refractivity contribution in [3.05, 3.63) is 23.9 Å². The van der Waals surface area contributed by atoms with E-state index >= 15 is 0 Å². The third-order valence-corrected chi connectivity index (χ3v) is 3.19. The smallest absolute Gasteiger partial charge is 0.138 e. The number of anilines is 1. The van der Waals surface area contributed by atoms with Crippen LogP contribution in [0.15, 0.2) is 18.3 Å². The molecule has 17 heavy (non-hydrogen) atoms. The summed E-state index contributed by atoms with van der Waals surface area (Å²) < 4.78 is 0. The Morgan fingerprint density at radius 2 is 2.35 bits per heavy atom. The third-order valence-electron chi connectivity index (χ3n) is 3.19. The van der Waals surface area contributed by atoms with E-state index in [-0.39, 0.29) is 6.04 Å². The maximum Gasteiger partial charge on any atom is 0.138 e. The maximum atomic E-state index is 10.9. The van der Waals surface area contributed by atoms with Crippen LogP contribution in [0.2, 0.25) is 0 Å². The molecule has 0 radical (unpaired) electrons. The van der Waals surface area contributed by atoms with Gasteiger partial charge in [-0.25, -0.2) is 4.98 Å². The first-order valence-corrected chi connectivity index (χ1v) is 5.77. The molecule has 1 unspecified atom stereocenters. The molecule has 5 nitrogen and oxygen atoms in total. The van der Waals surface area contributed by atoms with Crippen molar-refractivity contribution >= 4 is 12.1 Å². The van der Waals surface area contributed by atoms with E-state index in [0.29, 0.717) is 5.82 Å². The van der Waals surface area contributed by atoms with E-state index in [1.807, 2.05) is 19.2 Å². The number of aromatic nitrogens is 1. The molecular formula is C12H18N4O. The molecule has 5 heteroatoms. The van der Waals surface area contributed by atoms with Gasteiger partial charge in [-0.1, -0.05) is 6.07 Å². The van der Waals surface area contributed by atoms with Gasteiger partial charge in [-0.2, -0.15) is 0 Å². The summed E-state index contributed by atoms with van der Waals surface area (Å²) in [4.78, 5) is 19.3. The highest BCUT2D eigenvalue weighted by atomic mass is 16.1. The number of hydrogen-bond donors (Lipinski definition) is 1. The predicted octanol–water partition coefficient (Wildman–Crippen LogP) is -0.0213. The highest BCUT2D eigenvalue weighted by Gasteiger charge is 2.23. The van der Waals surface area contributed by atoms with Crippen molar-refractivity contribution < 1.29 is 4.79 Å². The van der Waals surface area contributed by atoms with Crippen molar-refractivity contribution in [2.24, 2.45) is 0 Å². The monoisotopic (exact) mass is 234 g/mol. The quantitative estimate of drug-likeness (QED) is 0.745. The molecule has 1 atom stereocenters. The van der Waals surface area contributed by atoms with Crippen LogP contribution in [-0.2, 0) is 11.3 Å². The molecule has 0 amide bonds. The minimum Gasteiger partial charge on any atom is -0.384 e. The summed E-state index contributed by atoms with van der Waals surface area (Å²) in [6, 6.07) is 3.80. The number of rotatable bonds is 3. The Bertz CT molecular complexity index is 379. The molecule has 1 aliphatic rings. The van der Waals surface area contributed by atoms with E-state index in [1.54, 1.807) is 6.20 Å². The first-order chi connectivity index (χ1) is 8.19. The highest BCUT2D eigenvalue weighted by molar-refractivity contribution is 5.58. The summed E-state index contributed by atoms with van der Waals surface area (Å²) >= 11 is 0. The number of likely N-dealkylation sites (N-methyl/N-ethyl adjacent to an activating group) is 1. The normalized spacial score (nSPS) is 22.5. The van der Waals surface area contributed by atoms with Crippen LogP contribution in [0.5, 0.6) is 0 Å². The lowest BCUT2D eigenvalue weighted by Gasteiger charge is -2.36. The zero-order valence-electron chi connectivity index (χ0n) is 10.0.